The summed E-state index contributed by atoms with van der Waals surface area (Å²) in [5.41, 5.74) is 23.3. The summed E-state index contributed by atoms with van der Waals surface area (Å²) in [6, 6.07) is 133. The van der Waals surface area contributed by atoms with Gasteiger partial charge in [0.2, 0.25) is 17.1 Å². The molecule has 0 fully saturated rings. The smallest absolute Gasteiger partial charge is 0.227 e. The average molecular weight is 1840 g/mol. The van der Waals surface area contributed by atoms with Gasteiger partial charge in [0, 0.05) is 101 Å². The normalized spacial score (nSPS) is 12.6. The van der Waals surface area contributed by atoms with Crippen LogP contribution in [0.3, 0.4) is 0 Å². The SMILES string of the molecule is CC1(C)c2ccccc2-c2c(-c3nc(-c4ccccc4)nc(-c4cc5ccc6cccc7c8ccnc9oc4c(c98)c5c67)n3)cccc21.c1ccc(-c2ccc(-c3nc(-c4ccc(-c5ccccc5)cc4)nc(-c4cc5ccc6cccc7c8ccnc9oc4c(c98)c5c67)n3)cc2)cc1.c1ccc(-c2ccc(-c3nc(-c4ccccc4)nc(-c4cc5ccc6cccc7c8ccnc9oc4c(c98)c5c67)n3)cn2)cc1. The first-order valence-corrected chi connectivity index (χ1v) is 48.2. The molecule has 668 valence electrons. The predicted octanol–water partition coefficient (Wildman–Crippen LogP) is 32.2. The Balaban J connectivity index is 0.000000101. The summed E-state index contributed by atoms with van der Waals surface area (Å²) in [6.07, 6.45) is 7.33. The second kappa shape index (κ2) is 31.3. The monoisotopic (exact) mass is 1840 g/mol. The van der Waals surface area contributed by atoms with Crippen molar-refractivity contribution < 1.29 is 13.3 Å². The van der Waals surface area contributed by atoms with Crippen LogP contribution in [-0.2, 0) is 5.41 Å². The van der Waals surface area contributed by atoms with Gasteiger partial charge in [0.1, 0.15) is 16.7 Å². The Labute approximate surface area is 820 Å². The lowest BCUT2D eigenvalue weighted by atomic mass is 9.82. The number of rotatable bonds is 12. The molecule has 0 saturated heterocycles. The van der Waals surface area contributed by atoms with Crippen LogP contribution < -0.4 is 0 Å². The quantitative estimate of drug-likeness (QED) is 0.0823. The Bertz CT molecular complexity index is 10500. The minimum absolute atomic E-state index is 0.140. The van der Waals surface area contributed by atoms with Crippen molar-refractivity contribution in [3.05, 3.63) is 418 Å². The standard InChI is InChI=1S/C46H26N4O.C43H26N4O.C39H21N5O/c1-3-8-27(9-4-1)29-14-19-32(20-15-29)43-48-44(33-21-16-30(17-22-33)28-10-5-2-6-11-28)50-45(49-43)37-26-34-23-18-31-12-7-13-35-36-24-25-47-46-40(36)41(42(37)51-46)39(34)38(31)35;1-43(2)31-16-7-6-13-28(31)35-29(15-9-17-32(35)43)40-45-39(24-10-4-3-5-11-24)46-41(47-40)30-22-25-19-18-23-12-8-14-26-27-20-21-44-42-36(27)37(38(30)48-42)34(25)33(23)26;1-3-8-22(9-4-1)30-17-16-26(21-41-30)37-42-36(24-10-5-2-6-11-24)43-38(44-37)29-20-25-15-14-23-12-7-13-27-28-18-19-40-39-33(28)34(35(29)45-39)32(25)31(23)27/h1-26H;3-22H,1-2H3;1-21H. The minimum Gasteiger partial charge on any atom is -0.437 e. The Morgan fingerprint density at radius 3 is 0.875 bits per heavy atom. The summed E-state index contributed by atoms with van der Waals surface area (Å²) in [4.78, 5) is 64.9. The largest absolute Gasteiger partial charge is 0.437 e. The van der Waals surface area contributed by atoms with Crippen molar-refractivity contribution in [2.24, 2.45) is 0 Å². The summed E-state index contributed by atoms with van der Waals surface area (Å²) >= 11 is 0. The Kier molecular flexibility index (Phi) is 17.5. The van der Waals surface area contributed by atoms with Crippen molar-refractivity contribution in [2.75, 3.05) is 0 Å². The van der Waals surface area contributed by atoms with Crippen molar-refractivity contribution in [1.82, 2.24) is 64.8 Å². The highest BCUT2D eigenvalue weighted by Gasteiger charge is 2.38. The molecule has 0 unspecified atom stereocenters. The Morgan fingerprint density at radius 1 is 0.188 bits per heavy atom. The van der Waals surface area contributed by atoms with Crippen LogP contribution in [0.15, 0.2) is 420 Å². The van der Waals surface area contributed by atoms with Gasteiger partial charge in [-0.15, -0.1) is 0 Å². The molecule has 0 N–H and O–H groups in total. The maximum Gasteiger partial charge on any atom is 0.227 e. The zero-order chi connectivity index (χ0) is 94.7. The van der Waals surface area contributed by atoms with E-state index in [9.17, 15) is 0 Å². The topological polar surface area (TPSA) is 207 Å². The third kappa shape index (κ3) is 12.4. The molecular formula is C128H73N13O3. The van der Waals surface area contributed by atoms with Crippen LogP contribution in [0.25, 0.3) is 310 Å². The molecule has 32 rings (SSSR count). The maximum atomic E-state index is 6.69. The van der Waals surface area contributed by atoms with E-state index in [0.717, 1.165) is 165 Å². The van der Waals surface area contributed by atoms with Gasteiger partial charge in [-0.3, -0.25) is 4.98 Å². The van der Waals surface area contributed by atoms with E-state index in [1.165, 1.54) is 86.9 Å². The van der Waals surface area contributed by atoms with Crippen LogP contribution in [0.1, 0.15) is 25.0 Å². The second-order valence-corrected chi connectivity index (χ2v) is 37.7. The zero-order valence-corrected chi connectivity index (χ0v) is 77.2. The van der Waals surface area contributed by atoms with Crippen molar-refractivity contribution in [3.63, 3.8) is 0 Å². The molecule has 1 aliphatic rings. The van der Waals surface area contributed by atoms with Gasteiger partial charge in [-0.1, -0.05) is 347 Å². The van der Waals surface area contributed by atoms with Crippen molar-refractivity contribution in [3.8, 4) is 147 Å². The van der Waals surface area contributed by atoms with Gasteiger partial charge < -0.3 is 13.3 Å². The first kappa shape index (κ1) is 80.6. The Hall–Kier alpha value is -19.5. The Morgan fingerprint density at radius 2 is 0.479 bits per heavy atom. The maximum absolute atomic E-state index is 6.69. The van der Waals surface area contributed by atoms with E-state index in [1.54, 1.807) is 0 Å². The van der Waals surface area contributed by atoms with E-state index < -0.39 is 0 Å². The van der Waals surface area contributed by atoms with Crippen molar-refractivity contribution in [1.29, 1.82) is 0 Å². The van der Waals surface area contributed by atoms with Crippen LogP contribution in [0, 0.1) is 0 Å². The molecule has 0 radical (unpaired) electrons. The van der Waals surface area contributed by atoms with Crippen molar-refractivity contribution >= 4 is 163 Å². The number of benzene rings is 21. The van der Waals surface area contributed by atoms with E-state index >= 15 is 0 Å². The number of furan rings is 3. The molecule has 0 aliphatic heterocycles. The van der Waals surface area contributed by atoms with E-state index in [1.807, 2.05) is 116 Å². The fourth-order valence-corrected chi connectivity index (χ4v) is 22.8. The molecule has 0 spiro atoms. The molecule has 144 heavy (non-hydrogen) atoms. The highest BCUT2D eigenvalue weighted by Crippen LogP contribution is 2.56. The molecule has 10 aromatic heterocycles. The predicted molar refractivity (Wildman–Crippen MR) is 580 cm³/mol. The number of aromatic nitrogens is 13. The second-order valence-electron chi connectivity index (χ2n) is 37.7. The van der Waals surface area contributed by atoms with Crippen LogP contribution in [0.2, 0.25) is 0 Å². The average Bonchev–Trinajstić information content (AvgIpc) is 1.49. The van der Waals surface area contributed by atoms with Gasteiger partial charge in [-0.05, 0) is 174 Å². The van der Waals surface area contributed by atoms with E-state index in [2.05, 4.69) is 310 Å². The summed E-state index contributed by atoms with van der Waals surface area (Å²) in [7, 11) is 0. The highest BCUT2D eigenvalue weighted by molar-refractivity contribution is 6.43. The molecule has 0 amide bonds. The fourth-order valence-electron chi connectivity index (χ4n) is 22.8. The van der Waals surface area contributed by atoms with Crippen LogP contribution >= 0.6 is 0 Å². The summed E-state index contributed by atoms with van der Waals surface area (Å²) in [5.74, 6) is 5.23. The highest BCUT2D eigenvalue weighted by atomic mass is 16.3. The van der Waals surface area contributed by atoms with Gasteiger partial charge in [0.25, 0.3) is 0 Å². The van der Waals surface area contributed by atoms with Gasteiger partial charge >= 0.3 is 0 Å². The van der Waals surface area contributed by atoms with E-state index in [-0.39, 0.29) is 5.41 Å². The molecule has 1 aliphatic carbocycles. The van der Waals surface area contributed by atoms with Crippen molar-refractivity contribution in [2.45, 2.75) is 19.3 Å². The number of hydrogen-bond acceptors (Lipinski definition) is 16. The lowest BCUT2D eigenvalue weighted by molar-refractivity contribution is 0.655. The molecule has 16 nitrogen and oxygen atoms in total. The van der Waals surface area contributed by atoms with Gasteiger partial charge in [-0.25, -0.2) is 59.8 Å². The number of fused-ring (bicyclic) bond motifs is 6. The summed E-state index contributed by atoms with van der Waals surface area (Å²) in [5, 5.41) is 27.6. The number of pyridine rings is 4. The number of nitrogens with zero attached hydrogens (tertiary/aromatic N) is 13. The van der Waals surface area contributed by atoms with Crippen LogP contribution in [-0.4, -0.2) is 64.8 Å². The van der Waals surface area contributed by atoms with E-state index in [4.69, 9.17) is 73.1 Å². The minimum atomic E-state index is -0.140. The van der Waals surface area contributed by atoms with Crippen LogP contribution in [0.5, 0.6) is 0 Å². The molecule has 0 atom stereocenters. The third-order valence-corrected chi connectivity index (χ3v) is 29.4. The summed E-state index contributed by atoms with van der Waals surface area (Å²) < 4.78 is 20.0. The zero-order valence-electron chi connectivity index (χ0n) is 77.2. The fraction of sp³-hybridized carbons (Fsp3) is 0.0234. The summed E-state index contributed by atoms with van der Waals surface area (Å²) in [6.45, 7) is 4.59. The molecule has 0 bridgehead atoms. The third-order valence-electron chi connectivity index (χ3n) is 29.4. The number of hydrogen-bond donors (Lipinski definition) is 0. The van der Waals surface area contributed by atoms with E-state index in [0.29, 0.717) is 69.6 Å². The first-order valence-electron chi connectivity index (χ1n) is 48.2. The molecule has 0 saturated carbocycles. The first-order chi connectivity index (χ1) is 71.1. The molecule has 16 heteroatoms. The van der Waals surface area contributed by atoms with Gasteiger partial charge in [0.05, 0.1) is 38.5 Å². The molecule has 21 aromatic carbocycles. The lowest BCUT2D eigenvalue weighted by Crippen LogP contribution is -2.14. The molecule has 10 heterocycles. The van der Waals surface area contributed by atoms with Crippen LogP contribution in [0.4, 0.5) is 0 Å². The molecular weight excluding hydrogens is 1770 g/mol. The molecule has 31 aromatic rings. The van der Waals surface area contributed by atoms with Gasteiger partial charge in [0.15, 0.2) is 52.4 Å². The lowest BCUT2D eigenvalue weighted by Gasteiger charge is -2.21. The van der Waals surface area contributed by atoms with Gasteiger partial charge in [-0.2, -0.15) is 0 Å².